The largest absolute Gasteiger partial charge is 0.493 e. The maximum Gasteiger partial charge on any atom is 0.257 e. The molecule has 1 fully saturated rings. The minimum Gasteiger partial charge on any atom is -0.493 e. The highest BCUT2D eigenvalue weighted by molar-refractivity contribution is 5.97. The number of rotatable bonds is 8. The molecule has 146 valence electrons. The lowest BCUT2D eigenvalue weighted by Gasteiger charge is -2.33. The molecule has 5 heteroatoms. The van der Waals surface area contributed by atoms with Crippen molar-refractivity contribution in [2.75, 3.05) is 19.7 Å². The number of imidazole rings is 1. The van der Waals surface area contributed by atoms with Gasteiger partial charge in [-0.05, 0) is 37.8 Å². The van der Waals surface area contributed by atoms with Crippen molar-refractivity contribution >= 4 is 5.91 Å². The lowest BCUT2D eigenvalue weighted by atomic mass is 9.96. The molecule has 2 heterocycles. The molecule has 1 amide bonds. The van der Waals surface area contributed by atoms with Crippen LogP contribution in [0.25, 0.3) is 0 Å². The Labute approximate surface area is 162 Å². The van der Waals surface area contributed by atoms with Gasteiger partial charge in [-0.1, -0.05) is 32.4 Å². The summed E-state index contributed by atoms with van der Waals surface area (Å²) in [7, 11) is 0. The molecule has 0 spiro atoms. The topological polar surface area (TPSA) is 47.4 Å². The standard InChI is InChI=1S/C22H31N3O2/c1-3-5-13-24-15-12-23-21(24)18-9-8-14-25(17-18)22(26)19-10-6-7-11-20(19)27-16-4-2/h6-7,10-12,15,18H,3-5,8-9,13-14,16-17H2,1-2H3/t18-/m1/s1. The maximum atomic E-state index is 13.2. The van der Waals surface area contributed by atoms with Gasteiger partial charge in [0.05, 0.1) is 12.2 Å². The molecular formula is C22H31N3O2. The molecule has 0 unspecified atom stereocenters. The van der Waals surface area contributed by atoms with Gasteiger partial charge in [0, 0.05) is 37.9 Å². The first-order valence-electron chi connectivity index (χ1n) is 10.3. The minimum absolute atomic E-state index is 0.0677. The van der Waals surface area contributed by atoms with Gasteiger partial charge in [0.1, 0.15) is 11.6 Å². The average molecular weight is 370 g/mol. The second-order valence-corrected chi connectivity index (χ2v) is 7.27. The molecule has 1 atom stereocenters. The third-order valence-corrected chi connectivity index (χ3v) is 5.15. The van der Waals surface area contributed by atoms with E-state index in [1.165, 1.54) is 6.42 Å². The molecule has 2 aromatic rings. The van der Waals surface area contributed by atoms with Gasteiger partial charge < -0.3 is 14.2 Å². The summed E-state index contributed by atoms with van der Waals surface area (Å²) >= 11 is 0. The van der Waals surface area contributed by atoms with Gasteiger partial charge in [0.2, 0.25) is 0 Å². The van der Waals surface area contributed by atoms with Crippen molar-refractivity contribution in [1.82, 2.24) is 14.5 Å². The van der Waals surface area contributed by atoms with Crippen LogP contribution in [0.4, 0.5) is 0 Å². The summed E-state index contributed by atoms with van der Waals surface area (Å²) in [6.07, 6.45) is 9.30. The van der Waals surface area contributed by atoms with Crippen LogP contribution in [0.15, 0.2) is 36.7 Å². The van der Waals surface area contributed by atoms with E-state index >= 15 is 0 Å². The first-order chi connectivity index (χ1) is 13.2. The van der Waals surface area contributed by atoms with E-state index in [1.54, 1.807) is 0 Å². The molecule has 0 aliphatic carbocycles. The smallest absolute Gasteiger partial charge is 0.257 e. The van der Waals surface area contributed by atoms with Gasteiger partial charge in [-0.25, -0.2) is 4.98 Å². The molecule has 3 rings (SSSR count). The van der Waals surface area contributed by atoms with E-state index in [4.69, 9.17) is 4.74 Å². The minimum atomic E-state index is 0.0677. The number of carbonyl (C=O) groups is 1. The van der Waals surface area contributed by atoms with E-state index in [2.05, 4.69) is 29.6 Å². The van der Waals surface area contributed by atoms with Crippen molar-refractivity contribution in [2.24, 2.45) is 0 Å². The summed E-state index contributed by atoms with van der Waals surface area (Å²) in [5, 5.41) is 0. The predicted octanol–water partition coefficient (Wildman–Crippen LogP) is 4.49. The lowest BCUT2D eigenvalue weighted by Crippen LogP contribution is -2.40. The Bertz CT molecular complexity index is 741. The SMILES string of the molecule is CCCCn1ccnc1[C@@H]1CCCN(C(=O)c2ccccc2OCCC)C1. The molecular weight excluding hydrogens is 338 g/mol. The van der Waals surface area contributed by atoms with Gasteiger partial charge in [-0.2, -0.15) is 0 Å². The van der Waals surface area contributed by atoms with Crippen LogP contribution in [0.2, 0.25) is 0 Å². The quantitative estimate of drug-likeness (QED) is 0.689. The number of aryl methyl sites for hydroxylation is 1. The second kappa shape index (κ2) is 9.58. The van der Waals surface area contributed by atoms with Crippen LogP contribution in [0.5, 0.6) is 5.75 Å². The van der Waals surface area contributed by atoms with Gasteiger partial charge >= 0.3 is 0 Å². The highest BCUT2D eigenvalue weighted by atomic mass is 16.5. The van der Waals surface area contributed by atoms with Crippen molar-refractivity contribution in [1.29, 1.82) is 0 Å². The highest BCUT2D eigenvalue weighted by Gasteiger charge is 2.29. The molecule has 1 aromatic heterocycles. The number of unbranched alkanes of at least 4 members (excludes halogenated alkanes) is 1. The number of piperidine rings is 1. The van der Waals surface area contributed by atoms with Crippen molar-refractivity contribution in [2.45, 2.75) is 58.4 Å². The number of carbonyl (C=O) groups excluding carboxylic acids is 1. The molecule has 1 aliphatic rings. The van der Waals surface area contributed by atoms with E-state index < -0.39 is 0 Å². The first-order valence-corrected chi connectivity index (χ1v) is 10.3. The number of nitrogens with zero attached hydrogens (tertiary/aromatic N) is 3. The Morgan fingerprint density at radius 1 is 1.26 bits per heavy atom. The van der Waals surface area contributed by atoms with Crippen LogP contribution in [-0.2, 0) is 6.54 Å². The van der Waals surface area contributed by atoms with Crippen molar-refractivity contribution < 1.29 is 9.53 Å². The van der Waals surface area contributed by atoms with E-state index in [-0.39, 0.29) is 5.91 Å². The van der Waals surface area contributed by atoms with Gasteiger partial charge in [-0.3, -0.25) is 4.79 Å². The molecule has 1 aliphatic heterocycles. The van der Waals surface area contributed by atoms with E-state index in [9.17, 15) is 4.79 Å². The van der Waals surface area contributed by atoms with Crippen LogP contribution in [-0.4, -0.2) is 40.1 Å². The third-order valence-electron chi connectivity index (χ3n) is 5.15. The van der Waals surface area contributed by atoms with Crippen LogP contribution in [0.1, 0.15) is 68.1 Å². The predicted molar refractivity (Wildman–Crippen MR) is 107 cm³/mol. The number of hydrogen-bond donors (Lipinski definition) is 0. The number of aromatic nitrogens is 2. The molecule has 1 saturated heterocycles. The number of hydrogen-bond acceptors (Lipinski definition) is 3. The van der Waals surface area contributed by atoms with E-state index in [0.29, 0.717) is 23.8 Å². The fraction of sp³-hybridized carbons (Fsp3) is 0.545. The monoisotopic (exact) mass is 369 g/mol. The average Bonchev–Trinajstić information content (AvgIpc) is 3.19. The molecule has 1 aromatic carbocycles. The van der Waals surface area contributed by atoms with Crippen LogP contribution >= 0.6 is 0 Å². The second-order valence-electron chi connectivity index (χ2n) is 7.27. The number of benzene rings is 1. The Balaban J connectivity index is 1.73. The van der Waals surface area contributed by atoms with E-state index in [0.717, 1.165) is 51.1 Å². The fourth-order valence-electron chi connectivity index (χ4n) is 3.72. The number of para-hydroxylation sites is 1. The normalized spacial score (nSPS) is 17.1. The van der Waals surface area contributed by atoms with E-state index in [1.807, 2.05) is 35.4 Å². The number of likely N-dealkylation sites (tertiary alicyclic amines) is 1. The molecule has 0 radical (unpaired) electrons. The van der Waals surface area contributed by atoms with Crippen molar-refractivity contribution in [3.05, 3.63) is 48.0 Å². The zero-order valence-electron chi connectivity index (χ0n) is 16.6. The van der Waals surface area contributed by atoms with Gasteiger partial charge in [-0.15, -0.1) is 0 Å². The van der Waals surface area contributed by atoms with Crippen molar-refractivity contribution in [3.63, 3.8) is 0 Å². The molecule has 27 heavy (non-hydrogen) atoms. The van der Waals surface area contributed by atoms with Crippen LogP contribution < -0.4 is 4.74 Å². The third kappa shape index (κ3) is 4.71. The summed E-state index contributed by atoms with van der Waals surface area (Å²) in [4.78, 5) is 19.8. The van der Waals surface area contributed by atoms with Gasteiger partial charge in [0.15, 0.2) is 0 Å². The fourth-order valence-corrected chi connectivity index (χ4v) is 3.72. The summed E-state index contributed by atoms with van der Waals surface area (Å²) in [6.45, 7) is 7.43. The lowest BCUT2D eigenvalue weighted by molar-refractivity contribution is 0.0699. The maximum absolute atomic E-state index is 13.2. The highest BCUT2D eigenvalue weighted by Crippen LogP contribution is 2.29. The summed E-state index contributed by atoms with van der Waals surface area (Å²) in [6, 6.07) is 7.59. The molecule has 0 saturated carbocycles. The summed E-state index contributed by atoms with van der Waals surface area (Å²) < 4.78 is 8.06. The molecule has 5 nitrogen and oxygen atoms in total. The summed E-state index contributed by atoms with van der Waals surface area (Å²) in [5.74, 6) is 2.18. The van der Waals surface area contributed by atoms with Crippen LogP contribution in [0, 0.1) is 0 Å². The molecule has 0 bridgehead atoms. The Hall–Kier alpha value is -2.30. The molecule has 0 N–H and O–H groups in total. The Kier molecular flexibility index (Phi) is 6.91. The zero-order chi connectivity index (χ0) is 19.1. The number of ether oxygens (including phenoxy) is 1. The number of amides is 1. The van der Waals surface area contributed by atoms with Crippen LogP contribution in [0.3, 0.4) is 0 Å². The first kappa shape index (κ1) is 19.5. The Morgan fingerprint density at radius 3 is 2.93 bits per heavy atom. The van der Waals surface area contributed by atoms with Gasteiger partial charge in [0.25, 0.3) is 5.91 Å². The zero-order valence-corrected chi connectivity index (χ0v) is 16.6. The van der Waals surface area contributed by atoms with Crippen molar-refractivity contribution in [3.8, 4) is 5.75 Å². The summed E-state index contributed by atoms with van der Waals surface area (Å²) in [5.41, 5.74) is 0.668. The Morgan fingerprint density at radius 2 is 2.11 bits per heavy atom.